The van der Waals surface area contributed by atoms with Crippen LogP contribution in [0.3, 0.4) is 0 Å². The molecule has 0 aliphatic heterocycles. The third-order valence-corrected chi connectivity index (χ3v) is 6.00. The molecule has 0 bridgehead atoms. The summed E-state index contributed by atoms with van der Waals surface area (Å²) in [6.45, 7) is 4.46. The summed E-state index contributed by atoms with van der Waals surface area (Å²) < 4.78 is 54.2. The molecule has 188 valence electrons. The largest absolute Gasteiger partial charge is 0.493 e. The van der Waals surface area contributed by atoms with Crippen molar-refractivity contribution in [1.82, 2.24) is 9.55 Å². The summed E-state index contributed by atoms with van der Waals surface area (Å²) in [6.07, 6.45) is -1.85. The zero-order chi connectivity index (χ0) is 25.4. The third kappa shape index (κ3) is 7.59. The minimum Gasteiger partial charge on any atom is -0.493 e. The number of carbonyl (C=O) groups is 1. The Kier molecular flexibility index (Phi) is 9.37. The molecule has 0 N–H and O–H groups in total. The van der Waals surface area contributed by atoms with Gasteiger partial charge in [-0.25, -0.2) is 4.98 Å². The van der Waals surface area contributed by atoms with Gasteiger partial charge in [0.15, 0.2) is 0 Å². The Labute approximate surface area is 211 Å². The monoisotopic (exact) mass is 552 g/mol. The normalized spacial score (nSPS) is 12.4. The molecule has 2 aromatic carbocycles. The van der Waals surface area contributed by atoms with Crippen molar-refractivity contribution in [3.8, 4) is 17.1 Å². The highest BCUT2D eigenvalue weighted by Gasteiger charge is 2.36. The summed E-state index contributed by atoms with van der Waals surface area (Å²) in [5.74, 6) is 0.692. The lowest BCUT2D eigenvalue weighted by Crippen LogP contribution is -2.16. The maximum atomic E-state index is 13.8. The highest BCUT2D eigenvalue weighted by molar-refractivity contribution is 9.10. The number of benzene rings is 2. The predicted molar refractivity (Wildman–Crippen MR) is 131 cm³/mol. The Morgan fingerprint density at radius 1 is 1.14 bits per heavy atom. The lowest BCUT2D eigenvalue weighted by Gasteiger charge is -2.17. The fourth-order valence-corrected chi connectivity index (χ4v) is 4.02. The Balaban J connectivity index is 1.74. The maximum absolute atomic E-state index is 13.8. The van der Waals surface area contributed by atoms with Gasteiger partial charge in [0.1, 0.15) is 17.3 Å². The average molecular weight is 553 g/mol. The molecule has 0 fully saturated rings. The van der Waals surface area contributed by atoms with Crippen molar-refractivity contribution in [3.05, 3.63) is 70.5 Å². The van der Waals surface area contributed by atoms with Gasteiger partial charge in [-0.05, 0) is 43.9 Å². The Hall–Kier alpha value is -2.81. The summed E-state index contributed by atoms with van der Waals surface area (Å²) in [6, 6.07) is 14.0. The van der Waals surface area contributed by atoms with Gasteiger partial charge in [0.05, 0.1) is 26.0 Å². The van der Waals surface area contributed by atoms with Gasteiger partial charge in [-0.2, -0.15) is 13.2 Å². The van der Waals surface area contributed by atoms with Crippen LogP contribution in [0.2, 0.25) is 0 Å². The van der Waals surface area contributed by atoms with Crippen LogP contribution in [0.5, 0.6) is 5.75 Å². The fraction of sp³-hybridized carbons (Fsp3) is 0.385. The molecule has 35 heavy (non-hydrogen) atoms. The van der Waals surface area contributed by atoms with Crippen LogP contribution in [0, 0.1) is 5.92 Å². The number of rotatable bonds is 11. The molecule has 0 aliphatic rings. The molecule has 0 unspecified atom stereocenters. The SMILES string of the molecule is CCOC(=O)C[C@H](C)CCCOc1ccccc1Cn1c(C(F)(F)F)cnc1-c1ccc(Br)cc1. The number of hydrogen-bond donors (Lipinski definition) is 0. The number of imidazole rings is 1. The first-order chi connectivity index (χ1) is 16.7. The zero-order valence-corrected chi connectivity index (χ0v) is 21.2. The van der Waals surface area contributed by atoms with E-state index >= 15 is 0 Å². The predicted octanol–water partition coefficient (Wildman–Crippen LogP) is 7.13. The van der Waals surface area contributed by atoms with Crippen molar-refractivity contribution in [2.75, 3.05) is 13.2 Å². The van der Waals surface area contributed by atoms with Crippen LogP contribution in [0.25, 0.3) is 11.4 Å². The highest BCUT2D eigenvalue weighted by atomic mass is 79.9. The molecule has 0 radical (unpaired) electrons. The molecule has 1 heterocycles. The van der Waals surface area contributed by atoms with Gasteiger partial charge >= 0.3 is 12.1 Å². The number of alkyl halides is 3. The van der Waals surface area contributed by atoms with Gasteiger partial charge in [-0.15, -0.1) is 0 Å². The molecular formula is C26H28BrF3N2O3. The number of aromatic nitrogens is 2. The second kappa shape index (κ2) is 12.2. The van der Waals surface area contributed by atoms with Crippen LogP contribution >= 0.6 is 15.9 Å². The summed E-state index contributed by atoms with van der Waals surface area (Å²) in [5.41, 5.74) is 0.379. The van der Waals surface area contributed by atoms with Crippen LogP contribution < -0.4 is 4.74 Å². The highest BCUT2D eigenvalue weighted by Crippen LogP contribution is 2.34. The van der Waals surface area contributed by atoms with Crippen LogP contribution in [0.1, 0.15) is 44.4 Å². The first-order valence-corrected chi connectivity index (χ1v) is 12.2. The van der Waals surface area contributed by atoms with Crippen LogP contribution in [-0.4, -0.2) is 28.7 Å². The van der Waals surface area contributed by atoms with Crippen molar-refractivity contribution >= 4 is 21.9 Å². The van der Waals surface area contributed by atoms with E-state index in [1.165, 1.54) is 4.57 Å². The van der Waals surface area contributed by atoms with Gasteiger partial charge in [0.2, 0.25) is 0 Å². The smallest absolute Gasteiger partial charge is 0.433 e. The Morgan fingerprint density at radius 2 is 1.86 bits per heavy atom. The van der Waals surface area contributed by atoms with Crippen LogP contribution in [-0.2, 0) is 22.3 Å². The molecule has 1 atom stereocenters. The van der Waals surface area contributed by atoms with Gasteiger partial charge in [-0.3, -0.25) is 4.79 Å². The number of hydrogen-bond acceptors (Lipinski definition) is 4. The molecule has 9 heteroatoms. The standard InChI is InChI=1S/C26H28BrF3N2O3/c1-3-34-24(33)15-18(2)7-6-14-35-22-9-5-4-8-20(22)17-32-23(26(28,29)30)16-31-25(32)19-10-12-21(27)13-11-19/h4-5,8-13,16,18H,3,6-7,14-15,17H2,1-2H3/t18-/m1/s1. The van der Waals surface area contributed by atoms with Crippen molar-refractivity contribution in [1.29, 1.82) is 0 Å². The van der Waals surface area contributed by atoms with Crippen molar-refractivity contribution in [2.45, 2.75) is 45.8 Å². The number of ether oxygens (including phenoxy) is 2. The van der Waals surface area contributed by atoms with E-state index < -0.39 is 11.9 Å². The lowest BCUT2D eigenvalue weighted by atomic mass is 10.0. The molecule has 5 nitrogen and oxygen atoms in total. The number of para-hydroxylation sites is 1. The second-order valence-electron chi connectivity index (χ2n) is 8.27. The van der Waals surface area contributed by atoms with Gasteiger partial charge in [0.25, 0.3) is 0 Å². The van der Waals surface area contributed by atoms with Crippen molar-refractivity contribution < 1.29 is 27.4 Å². The first kappa shape index (κ1) is 26.8. The number of halogens is 4. The molecule has 0 saturated heterocycles. The average Bonchev–Trinajstić information content (AvgIpc) is 3.22. The van der Waals surface area contributed by atoms with E-state index in [-0.39, 0.29) is 24.3 Å². The minimum atomic E-state index is -4.55. The quantitative estimate of drug-likeness (QED) is 0.187. The summed E-state index contributed by atoms with van der Waals surface area (Å²) in [7, 11) is 0. The van der Waals surface area contributed by atoms with E-state index in [1.807, 2.05) is 6.92 Å². The van der Waals surface area contributed by atoms with E-state index in [4.69, 9.17) is 9.47 Å². The van der Waals surface area contributed by atoms with Crippen molar-refractivity contribution in [3.63, 3.8) is 0 Å². The summed E-state index contributed by atoms with van der Waals surface area (Å²) in [4.78, 5) is 15.7. The van der Waals surface area contributed by atoms with E-state index in [2.05, 4.69) is 20.9 Å². The summed E-state index contributed by atoms with van der Waals surface area (Å²) in [5, 5.41) is 0. The fourth-order valence-electron chi connectivity index (χ4n) is 3.76. The zero-order valence-electron chi connectivity index (χ0n) is 19.6. The molecule has 1 aromatic heterocycles. The minimum absolute atomic E-state index is 0.0460. The van der Waals surface area contributed by atoms with Crippen molar-refractivity contribution in [2.24, 2.45) is 5.92 Å². The maximum Gasteiger partial charge on any atom is 0.433 e. The molecule has 3 rings (SSSR count). The molecule has 0 aliphatic carbocycles. The lowest BCUT2D eigenvalue weighted by molar-refractivity contribution is -0.144. The summed E-state index contributed by atoms with van der Waals surface area (Å²) >= 11 is 3.35. The third-order valence-electron chi connectivity index (χ3n) is 5.47. The molecule has 0 amide bonds. The topological polar surface area (TPSA) is 53.4 Å². The molecule has 0 spiro atoms. The van der Waals surface area contributed by atoms with Gasteiger partial charge in [0, 0.05) is 22.0 Å². The molecular weight excluding hydrogens is 525 g/mol. The van der Waals surface area contributed by atoms with E-state index in [1.54, 1.807) is 55.5 Å². The van der Waals surface area contributed by atoms with E-state index in [0.717, 1.165) is 17.1 Å². The second-order valence-corrected chi connectivity index (χ2v) is 9.19. The van der Waals surface area contributed by atoms with E-state index in [0.29, 0.717) is 42.9 Å². The molecule has 0 saturated carbocycles. The molecule has 3 aromatic rings. The number of nitrogens with zero attached hydrogens (tertiary/aromatic N) is 2. The Morgan fingerprint density at radius 3 is 2.54 bits per heavy atom. The Bertz CT molecular complexity index is 1110. The number of esters is 1. The first-order valence-electron chi connectivity index (χ1n) is 11.4. The van der Waals surface area contributed by atoms with Gasteiger partial charge < -0.3 is 14.0 Å². The van der Waals surface area contributed by atoms with Crippen LogP contribution in [0.15, 0.2) is 59.2 Å². The van der Waals surface area contributed by atoms with Crippen LogP contribution in [0.4, 0.5) is 13.2 Å². The number of carbonyl (C=O) groups excluding carboxylic acids is 1. The van der Waals surface area contributed by atoms with Gasteiger partial charge in [-0.1, -0.05) is 53.2 Å². The van der Waals surface area contributed by atoms with E-state index in [9.17, 15) is 18.0 Å².